The summed E-state index contributed by atoms with van der Waals surface area (Å²) in [6.07, 6.45) is 1.69. The van der Waals surface area contributed by atoms with Crippen LogP contribution in [0.4, 0.5) is 0 Å². The van der Waals surface area contributed by atoms with Crippen LogP contribution in [0.2, 0.25) is 0 Å². The van der Waals surface area contributed by atoms with Crippen molar-refractivity contribution in [2.24, 2.45) is 0 Å². The number of rotatable bonds is 1. The molecule has 2 aromatic carbocycles. The van der Waals surface area contributed by atoms with E-state index in [0.717, 1.165) is 16.2 Å². The lowest BCUT2D eigenvalue weighted by molar-refractivity contribution is 0.564. The fraction of sp³-hybridized carbons (Fsp3) is 0. The molecular weight excluding hydrogens is 270 g/mol. The van der Waals surface area contributed by atoms with Crippen LogP contribution in [-0.2, 0) is 0 Å². The van der Waals surface area contributed by atoms with Gasteiger partial charge in [0.25, 0.3) is 0 Å². The first-order chi connectivity index (χ1) is 9.83. The highest BCUT2D eigenvalue weighted by atomic mass is 32.1. The smallest absolute Gasteiger partial charge is 0.346 e. The molecule has 3 nitrogen and oxygen atoms in total. The van der Waals surface area contributed by atoms with Crippen LogP contribution in [0.15, 0.2) is 63.3 Å². The molecule has 2 aromatic heterocycles. The summed E-state index contributed by atoms with van der Waals surface area (Å²) < 4.78 is 5.44. The Labute approximate surface area is 118 Å². The summed E-state index contributed by atoms with van der Waals surface area (Å²) in [6.45, 7) is 0. The third-order valence-corrected chi connectivity index (χ3v) is 4.11. The van der Waals surface area contributed by atoms with Gasteiger partial charge in [0.15, 0.2) is 0 Å². The van der Waals surface area contributed by atoms with E-state index >= 15 is 0 Å². The first kappa shape index (κ1) is 11.4. The molecule has 0 bridgehead atoms. The van der Waals surface area contributed by atoms with Crippen molar-refractivity contribution in [3.8, 4) is 10.6 Å². The molecule has 0 fully saturated rings. The molecule has 4 heteroatoms. The van der Waals surface area contributed by atoms with Gasteiger partial charge >= 0.3 is 5.63 Å². The van der Waals surface area contributed by atoms with E-state index in [1.807, 2.05) is 47.8 Å². The van der Waals surface area contributed by atoms with Crippen LogP contribution in [0.25, 0.3) is 32.3 Å². The van der Waals surface area contributed by atoms with E-state index in [1.54, 1.807) is 6.20 Å². The number of fused-ring (bicyclic) bond motifs is 3. The van der Waals surface area contributed by atoms with Gasteiger partial charge in [-0.15, -0.1) is 11.3 Å². The van der Waals surface area contributed by atoms with Crippen molar-refractivity contribution in [1.29, 1.82) is 0 Å². The van der Waals surface area contributed by atoms with E-state index in [9.17, 15) is 4.79 Å². The molecular formula is C16H9NO2S. The minimum absolute atomic E-state index is 0.345. The highest BCUT2D eigenvalue weighted by Gasteiger charge is 2.11. The van der Waals surface area contributed by atoms with E-state index in [4.69, 9.17) is 4.42 Å². The second-order valence-corrected chi connectivity index (χ2v) is 5.38. The molecule has 96 valence electrons. The van der Waals surface area contributed by atoms with E-state index in [0.29, 0.717) is 16.2 Å². The van der Waals surface area contributed by atoms with Gasteiger partial charge in [0, 0.05) is 17.0 Å². The van der Waals surface area contributed by atoms with Gasteiger partial charge in [-0.1, -0.05) is 30.3 Å². The fourth-order valence-electron chi connectivity index (χ4n) is 2.38. The van der Waals surface area contributed by atoms with Crippen molar-refractivity contribution in [2.75, 3.05) is 0 Å². The van der Waals surface area contributed by atoms with Gasteiger partial charge in [-0.05, 0) is 22.9 Å². The zero-order valence-electron chi connectivity index (χ0n) is 10.4. The molecule has 0 aliphatic rings. The Bertz CT molecular complexity index is 971. The summed E-state index contributed by atoms with van der Waals surface area (Å²) >= 11 is 1.43. The number of hydrogen-bond acceptors (Lipinski definition) is 4. The van der Waals surface area contributed by atoms with Gasteiger partial charge < -0.3 is 4.42 Å². The highest BCUT2D eigenvalue weighted by molar-refractivity contribution is 7.13. The van der Waals surface area contributed by atoms with Crippen molar-refractivity contribution < 1.29 is 4.42 Å². The van der Waals surface area contributed by atoms with Crippen LogP contribution in [0, 0.1) is 0 Å². The zero-order chi connectivity index (χ0) is 13.5. The molecule has 0 aliphatic carbocycles. The first-order valence-electron chi connectivity index (χ1n) is 6.18. The lowest BCUT2D eigenvalue weighted by atomic mass is 10.0. The summed E-state index contributed by atoms with van der Waals surface area (Å²) in [6, 6.07) is 13.7. The van der Waals surface area contributed by atoms with Gasteiger partial charge in [-0.3, -0.25) is 0 Å². The first-order valence-corrected chi connectivity index (χ1v) is 7.06. The Morgan fingerprint density at radius 2 is 1.95 bits per heavy atom. The molecule has 0 saturated heterocycles. The third-order valence-electron chi connectivity index (χ3n) is 3.30. The molecule has 4 rings (SSSR count). The Balaban J connectivity index is 2.15. The molecule has 0 aliphatic heterocycles. The number of hydrogen-bond donors (Lipinski definition) is 0. The average molecular weight is 279 g/mol. The van der Waals surface area contributed by atoms with Gasteiger partial charge in [-0.2, -0.15) is 0 Å². The van der Waals surface area contributed by atoms with Crippen molar-refractivity contribution in [3.63, 3.8) is 0 Å². The molecule has 0 unspecified atom stereocenters. The van der Waals surface area contributed by atoms with E-state index < -0.39 is 0 Å². The number of thiazole rings is 1. The Kier molecular flexibility index (Phi) is 2.44. The van der Waals surface area contributed by atoms with Crippen molar-refractivity contribution in [2.45, 2.75) is 0 Å². The van der Waals surface area contributed by atoms with Crippen LogP contribution < -0.4 is 5.63 Å². The molecule has 0 N–H and O–H groups in total. The summed E-state index contributed by atoms with van der Waals surface area (Å²) in [7, 11) is 0. The Morgan fingerprint density at radius 3 is 2.80 bits per heavy atom. The lowest BCUT2D eigenvalue weighted by Crippen LogP contribution is -2.02. The number of aromatic nitrogens is 1. The lowest BCUT2D eigenvalue weighted by Gasteiger charge is -2.04. The van der Waals surface area contributed by atoms with Gasteiger partial charge in [0.05, 0.1) is 5.56 Å². The normalized spacial score (nSPS) is 11.2. The standard InChI is InChI=1S/C16H9NO2S/c18-16-13(15-17-7-8-20-15)9-12-11-4-2-1-3-10(11)5-6-14(12)19-16/h1-9H. The molecule has 0 radical (unpaired) electrons. The second kappa shape index (κ2) is 4.28. The Hall–Kier alpha value is -2.46. The van der Waals surface area contributed by atoms with E-state index in [2.05, 4.69) is 4.98 Å². The van der Waals surface area contributed by atoms with Gasteiger partial charge in [0.2, 0.25) is 0 Å². The molecule has 0 amide bonds. The SMILES string of the molecule is O=c1oc2ccc3ccccc3c2cc1-c1nccs1. The molecule has 2 heterocycles. The minimum Gasteiger partial charge on any atom is -0.422 e. The van der Waals surface area contributed by atoms with Crippen molar-refractivity contribution in [3.05, 3.63) is 64.5 Å². The van der Waals surface area contributed by atoms with Crippen LogP contribution in [0.5, 0.6) is 0 Å². The maximum Gasteiger partial charge on any atom is 0.346 e. The van der Waals surface area contributed by atoms with Gasteiger partial charge in [-0.25, -0.2) is 9.78 Å². The summed E-state index contributed by atoms with van der Waals surface area (Å²) in [5.41, 5.74) is 0.778. The molecule has 0 atom stereocenters. The quantitative estimate of drug-likeness (QED) is 0.389. The van der Waals surface area contributed by atoms with Crippen LogP contribution in [0.1, 0.15) is 0 Å². The molecule has 0 saturated carbocycles. The maximum absolute atomic E-state index is 12.1. The Morgan fingerprint density at radius 1 is 1.05 bits per heavy atom. The topological polar surface area (TPSA) is 43.1 Å². The van der Waals surface area contributed by atoms with Gasteiger partial charge in [0.1, 0.15) is 10.6 Å². The van der Waals surface area contributed by atoms with Crippen molar-refractivity contribution in [1.82, 2.24) is 4.98 Å². The molecule has 4 aromatic rings. The predicted molar refractivity (Wildman–Crippen MR) is 81.1 cm³/mol. The third kappa shape index (κ3) is 1.66. The monoisotopic (exact) mass is 279 g/mol. The van der Waals surface area contributed by atoms with Crippen LogP contribution in [0.3, 0.4) is 0 Å². The predicted octanol–water partition coefficient (Wildman–Crippen LogP) is 4.07. The van der Waals surface area contributed by atoms with Crippen molar-refractivity contribution >= 4 is 33.1 Å². The summed E-state index contributed by atoms with van der Waals surface area (Å²) in [5, 5.41) is 5.68. The maximum atomic E-state index is 12.1. The highest BCUT2D eigenvalue weighted by Crippen LogP contribution is 2.28. The summed E-state index contributed by atoms with van der Waals surface area (Å²) in [5.74, 6) is 0. The van der Waals surface area contributed by atoms with E-state index in [1.165, 1.54) is 11.3 Å². The van der Waals surface area contributed by atoms with Crippen LogP contribution >= 0.6 is 11.3 Å². The minimum atomic E-state index is -0.345. The second-order valence-electron chi connectivity index (χ2n) is 4.48. The largest absolute Gasteiger partial charge is 0.422 e. The average Bonchev–Trinajstić information content (AvgIpc) is 3.00. The van der Waals surface area contributed by atoms with E-state index in [-0.39, 0.29) is 5.63 Å². The number of benzene rings is 2. The summed E-state index contributed by atoms with van der Waals surface area (Å²) in [4.78, 5) is 16.3. The zero-order valence-corrected chi connectivity index (χ0v) is 11.2. The fourth-order valence-corrected chi connectivity index (χ4v) is 3.02. The molecule has 0 spiro atoms. The molecule has 20 heavy (non-hydrogen) atoms. The van der Waals surface area contributed by atoms with Crippen LogP contribution in [-0.4, -0.2) is 4.98 Å². The number of nitrogens with zero attached hydrogens (tertiary/aromatic N) is 1.